The third-order valence-corrected chi connectivity index (χ3v) is 2.12. The van der Waals surface area contributed by atoms with Crippen molar-refractivity contribution in [2.45, 2.75) is 0 Å². The third kappa shape index (κ3) is 3.57. The van der Waals surface area contributed by atoms with E-state index in [0.717, 1.165) is 0 Å². The van der Waals surface area contributed by atoms with E-state index in [4.69, 9.17) is 23.7 Å². The van der Waals surface area contributed by atoms with E-state index in [1.54, 1.807) is 0 Å². The normalized spacial score (nSPS) is 10.1. The predicted molar refractivity (Wildman–Crippen MR) is 58.7 cm³/mol. The molecule has 0 aromatic heterocycles. The fourth-order valence-electron chi connectivity index (χ4n) is 1.11. The highest BCUT2D eigenvalue weighted by Gasteiger charge is 2.09. The number of hydrogen-bond acceptors (Lipinski definition) is 4. The van der Waals surface area contributed by atoms with Gasteiger partial charge in [0.1, 0.15) is 13.2 Å². The van der Waals surface area contributed by atoms with E-state index < -0.39 is 0 Å². The Hall–Kier alpha value is -0.940. The minimum Gasteiger partial charge on any atom is -0.291 e. The Labute approximate surface area is 102 Å². The van der Waals surface area contributed by atoms with Crippen molar-refractivity contribution in [3.8, 4) is 0 Å². The summed E-state index contributed by atoms with van der Waals surface area (Å²) in [7, 11) is 0. The molecule has 1 rings (SSSR count). The first kappa shape index (κ1) is 13.1. The zero-order valence-electron chi connectivity index (χ0n) is 8.11. The topological polar surface area (TPSA) is 52.6 Å². The first-order chi connectivity index (χ1) is 7.69. The summed E-state index contributed by atoms with van der Waals surface area (Å²) in [5.74, 6) is -0.523. The van der Waals surface area contributed by atoms with Crippen molar-refractivity contribution in [2.24, 2.45) is 0 Å². The van der Waals surface area contributed by atoms with Crippen LogP contribution in [0, 0.1) is 0 Å². The highest BCUT2D eigenvalue weighted by Crippen LogP contribution is 2.07. The molecule has 0 fully saturated rings. The van der Waals surface area contributed by atoms with Gasteiger partial charge in [-0.25, -0.2) is 0 Å². The lowest BCUT2D eigenvalue weighted by Gasteiger charge is -2.01. The van der Waals surface area contributed by atoms with Crippen LogP contribution in [0.25, 0.3) is 0 Å². The van der Waals surface area contributed by atoms with E-state index in [9.17, 15) is 9.59 Å². The Bertz CT molecular complexity index is 338. The molecule has 0 radical (unpaired) electrons. The maximum Gasteiger partial charge on any atom is 0.190 e. The first-order valence-corrected chi connectivity index (χ1v) is 4.94. The van der Waals surface area contributed by atoms with Crippen LogP contribution >= 0.6 is 23.7 Å². The molecule has 0 N–H and O–H groups in total. The van der Waals surface area contributed by atoms with E-state index >= 15 is 0 Å². The number of hydrogen-bond donors (Lipinski definition) is 0. The number of benzene rings is 1. The van der Waals surface area contributed by atoms with Crippen molar-refractivity contribution in [1.82, 2.24) is 0 Å². The molecule has 0 saturated carbocycles. The lowest BCUT2D eigenvalue weighted by Crippen LogP contribution is -2.08. The molecule has 0 aliphatic rings. The number of rotatable bonds is 6. The number of carbonyl (C=O) groups is 2. The van der Waals surface area contributed by atoms with E-state index in [-0.39, 0.29) is 24.8 Å². The minimum absolute atomic E-state index is 0.209. The summed E-state index contributed by atoms with van der Waals surface area (Å²) in [4.78, 5) is 22.6. The molecule has 1 aromatic carbocycles. The summed E-state index contributed by atoms with van der Waals surface area (Å²) < 4.78 is 8.39. The van der Waals surface area contributed by atoms with Gasteiger partial charge in [-0.05, 0) is 0 Å². The molecule has 86 valence electrons. The highest BCUT2D eigenvalue weighted by molar-refractivity contribution is 6.10. The molecule has 1 aromatic rings. The van der Waals surface area contributed by atoms with Crippen LogP contribution in [-0.4, -0.2) is 24.8 Å². The highest BCUT2D eigenvalue weighted by atomic mass is 35.5. The summed E-state index contributed by atoms with van der Waals surface area (Å²) in [5, 5.41) is 0. The molecule has 0 heterocycles. The second-order valence-corrected chi connectivity index (χ2v) is 3.37. The number of ketones is 2. The molecule has 6 heteroatoms. The van der Waals surface area contributed by atoms with Gasteiger partial charge < -0.3 is 0 Å². The maximum atomic E-state index is 11.3. The average Bonchev–Trinajstić information content (AvgIpc) is 2.30. The van der Waals surface area contributed by atoms with Gasteiger partial charge >= 0.3 is 0 Å². The molecule has 0 unspecified atom stereocenters. The van der Waals surface area contributed by atoms with Gasteiger partial charge in [-0.3, -0.25) is 18.2 Å². The Morgan fingerprint density at radius 3 is 1.44 bits per heavy atom. The van der Waals surface area contributed by atoms with Gasteiger partial charge in [-0.2, -0.15) is 0 Å². The van der Waals surface area contributed by atoms with Crippen LogP contribution in [0.5, 0.6) is 0 Å². The van der Waals surface area contributed by atoms with Crippen molar-refractivity contribution in [2.75, 3.05) is 13.2 Å². The number of carbonyl (C=O) groups excluding carboxylic acids is 2. The molecule has 16 heavy (non-hydrogen) atoms. The Kier molecular flexibility index (Phi) is 5.42. The van der Waals surface area contributed by atoms with E-state index in [2.05, 4.69) is 8.58 Å². The van der Waals surface area contributed by atoms with Gasteiger partial charge in [0.2, 0.25) is 0 Å². The molecule has 0 spiro atoms. The van der Waals surface area contributed by atoms with Crippen molar-refractivity contribution in [3.63, 3.8) is 0 Å². The van der Waals surface area contributed by atoms with E-state index in [1.165, 1.54) is 24.3 Å². The van der Waals surface area contributed by atoms with Gasteiger partial charge in [-0.15, -0.1) is 0 Å². The van der Waals surface area contributed by atoms with Crippen LogP contribution in [0.4, 0.5) is 0 Å². The van der Waals surface area contributed by atoms with Crippen molar-refractivity contribution in [1.29, 1.82) is 0 Å². The minimum atomic E-state index is -0.261. The summed E-state index contributed by atoms with van der Waals surface area (Å²) in [6.07, 6.45) is 0. The second-order valence-electron chi connectivity index (χ2n) is 2.93. The van der Waals surface area contributed by atoms with Gasteiger partial charge in [0.25, 0.3) is 0 Å². The molecule has 0 aliphatic heterocycles. The van der Waals surface area contributed by atoms with Crippen LogP contribution in [0.2, 0.25) is 0 Å². The van der Waals surface area contributed by atoms with Gasteiger partial charge in [0.05, 0.1) is 23.7 Å². The Morgan fingerprint density at radius 1 is 0.875 bits per heavy atom. The van der Waals surface area contributed by atoms with Crippen molar-refractivity contribution in [3.05, 3.63) is 35.4 Å². The summed E-state index contributed by atoms with van der Waals surface area (Å²) in [6.45, 7) is -0.417. The van der Waals surface area contributed by atoms with Crippen LogP contribution in [0.3, 0.4) is 0 Å². The van der Waals surface area contributed by atoms with Crippen LogP contribution in [0.15, 0.2) is 24.3 Å². The van der Waals surface area contributed by atoms with Crippen LogP contribution in [0.1, 0.15) is 20.7 Å². The standard InChI is InChI=1S/C10H8Cl2O4/c11-15-5-9(13)7-1-2-8(4-3-7)10(14)6-16-12/h1-4H,5-6H2. The molecule has 0 aliphatic carbocycles. The quantitative estimate of drug-likeness (QED) is 0.739. The zero-order chi connectivity index (χ0) is 12.0. The predicted octanol–water partition coefficient (Wildman–Crippen LogP) is 2.39. The fourth-order valence-corrected chi connectivity index (χ4v) is 1.31. The lowest BCUT2D eigenvalue weighted by molar-refractivity contribution is 0.0918. The average molecular weight is 263 g/mol. The maximum absolute atomic E-state index is 11.3. The van der Waals surface area contributed by atoms with E-state index in [0.29, 0.717) is 11.1 Å². The zero-order valence-corrected chi connectivity index (χ0v) is 9.62. The molecule has 0 bridgehead atoms. The van der Waals surface area contributed by atoms with Crippen molar-refractivity contribution < 1.29 is 18.2 Å². The summed E-state index contributed by atoms with van der Waals surface area (Å²) in [5.41, 5.74) is 0.841. The third-order valence-electron chi connectivity index (χ3n) is 1.90. The second kappa shape index (κ2) is 6.60. The molecule has 4 nitrogen and oxygen atoms in total. The monoisotopic (exact) mass is 262 g/mol. The van der Waals surface area contributed by atoms with E-state index in [1.807, 2.05) is 0 Å². The van der Waals surface area contributed by atoms with Gasteiger partial charge in [-0.1, -0.05) is 24.3 Å². The summed E-state index contributed by atoms with van der Waals surface area (Å²) in [6, 6.07) is 6.05. The number of halogens is 2. The molecular weight excluding hydrogens is 255 g/mol. The molecule has 0 atom stereocenters. The number of Topliss-reactive ketones (excluding diaryl/α,β-unsaturated/α-hetero) is 2. The Morgan fingerprint density at radius 2 is 1.19 bits per heavy atom. The van der Waals surface area contributed by atoms with Crippen LogP contribution in [-0.2, 0) is 8.58 Å². The van der Waals surface area contributed by atoms with Gasteiger partial charge in [0.15, 0.2) is 11.6 Å². The lowest BCUT2D eigenvalue weighted by atomic mass is 10.1. The first-order valence-electron chi connectivity index (χ1n) is 4.32. The largest absolute Gasteiger partial charge is 0.291 e. The molecule has 0 saturated heterocycles. The van der Waals surface area contributed by atoms with Crippen LogP contribution < -0.4 is 0 Å². The smallest absolute Gasteiger partial charge is 0.190 e. The molecule has 0 amide bonds. The SMILES string of the molecule is O=C(COCl)c1ccc(C(=O)COCl)cc1. The summed E-state index contributed by atoms with van der Waals surface area (Å²) >= 11 is 9.93. The van der Waals surface area contributed by atoms with Gasteiger partial charge in [0, 0.05) is 11.1 Å². The molecular formula is C10H8Cl2O4. The Balaban J connectivity index is 2.75. The fraction of sp³-hybridized carbons (Fsp3) is 0.200. The van der Waals surface area contributed by atoms with Crippen molar-refractivity contribution >= 4 is 35.3 Å².